The minimum atomic E-state index is -0.254. The summed E-state index contributed by atoms with van der Waals surface area (Å²) in [6.45, 7) is 1.04. The number of carbonyl (C=O) groups is 2. The van der Waals surface area contributed by atoms with Gasteiger partial charge >= 0.3 is 0 Å². The molecule has 2 amide bonds. The van der Waals surface area contributed by atoms with Gasteiger partial charge in [0, 0.05) is 35.6 Å². The Labute approximate surface area is 177 Å². The number of aromatic nitrogens is 1. The zero-order valence-corrected chi connectivity index (χ0v) is 17.2. The van der Waals surface area contributed by atoms with Gasteiger partial charge in [-0.3, -0.25) is 9.59 Å². The van der Waals surface area contributed by atoms with E-state index < -0.39 is 0 Å². The Morgan fingerprint density at radius 2 is 2.17 bits per heavy atom. The standard InChI is InChI=1S/C21H20ClN3O3S/c22-18-6-2-1-4-14(18)10-17-11-23-21(29-17)24-19(26)15-5-3-8-25(12-15)20(27)16-7-9-28-13-16/h1-2,4,6-7,9,11,13,15H,3,5,8,10,12H2,(H,23,24,26). The number of benzene rings is 1. The molecule has 2 aromatic heterocycles. The van der Waals surface area contributed by atoms with Gasteiger partial charge in [0.15, 0.2) is 5.13 Å². The largest absolute Gasteiger partial charge is 0.472 e. The van der Waals surface area contributed by atoms with E-state index in [4.69, 9.17) is 16.0 Å². The molecule has 1 aromatic carbocycles. The average molecular weight is 430 g/mol. The van der Waals surface area contributed by atoms with Crippen LogP contribution in [0.4, 0.5) is 5.13 Å². The quantitative estimate of drug-likeness (QED) is 0.649. The van der Waals surface area contributed by atoms with Crippen LogP contribution in [0.2, 0.25) is 5.02 Å². The van der Waals surface area contributed by atoms with Gasteiger partial charge in [0.1, 0.15) is 6.26 Å². The zero-order chi connectivity index (χ0) is 20.2. The van der Waals surface area contributed by atoms with Crippen molar-refractivity contribution in [1.82, 2.24) is 9.88 Å². The molecule has 1 atom stereocenters. The van der Waals surface area contributed by atoms with E-state index in [0.29, 0.717) is 30.2 Å². The molecule has 1 fully saturated rings. The normalized spacial score (nSPS) is 16.6. The summed E-state index contributed by atoms with van der Waals surface area (Å²) >= 11 is 7.66. The molecule has 0 saturated carbocycles. The van der Waals surface area contributed by atoms with Gasteiger partial charge in [-0.1, -0.05) is 29.8 Å². The fourth-order valence-corrected chi connectivity index (χ4v) is 4.47. The molecule has 150 valence electrons. The second-order valence-corrected chi connectivity index (χ2v) is 8.51. The molecule has 0 aliphatic carbocycles. The van der Waals surface area contributed by atoms with E-state index in [1.807, 2.05) is 24.3 Å². The van der Waals surface area contributed by atoms with Crippen LogP contribution < -0.4 is 5.32 Å². The number of hydrogen-bond acceptors (Lipinski definition) is 5. The summed E-state index contributed by atoms with van der Waals surface area (Å²) in [4.78, 5) is 32.3. The van der Waals surface area contributed by atoms with Crippen LogP contribution >= 0.6 is 22.9 Å². The second-order valence-electron chi connectivity index (χ2n) is 6.99. The maximum Gasteiger partial charge on any atom is 0.257 e. The summed E-state index contributed by atoms with van der Waals surface area (Å²) in [5.74, 6) is -0.462. The number of hydrogen-bond donors (Lipinski definition) is 1. The van der Waals surface area contributed by atoms with E-state index >= 15 is 0 Å². The highest BCUT2D eigenvalue weighted by molar-refractivity contribution is 7.15. The number of nitrogens with one attached hydrogen (secondary N) is 1. The number of amides is 2. The number of furan rings is 1. The average Bonchev–Trinajstić information content (AvgIpc) is 3.42. The third-order valence-electron chi connectivity index (χ3n) is 4.95. The molecule has 29 heavy (non-hydrogen) atoms. The Morgan fingerprint density at radius 3 is 2.97 bits per heavy atom. The molecule has 4 rings (SSSR count). The molecule has 3 aromatic rings. The Balaban J connectivity index is 1.36. The lowest BCUT2D eigenvalue weighted by Gasteiger charge is -2.31. The number of anilines is 1. The van der Waals surface area contributed by atoms with E-state index in [0.717, 1.165) is 28.3 Å². The van der Waals surface area contributed by atoms with Gasteiger partial charge in [0.05, 0.1) is 17.7 Å². The highest BCUT2D eigenvalue weighted by Gasteiger charge is 2.29. The number of rotatable bonds is 5. The first-order valence-corrected chi connectivity index (χ1v) is 10.6. The number of thiazole rings is 1. The predicted octanol–water partition coefficient (Wildman–Crippen LogP) is 4.47. The lowest BCUT2D eigenvalue weighted by Crippen LogP contribution is -2.43. The molecule has 6 nitrogen and oxygen atoms in total. The maximum atomic E-state index is 12.7. The van der Waals surface area contributed by atoms with Gasteiger partial charge in [-0.25, -0.2) is 4.98 Å². The van der Waals surface area contributed by atoms with Gasteiger partial charge in [-0.05, 0) is 30.5 Å². The minimum absolute atomic E-state index is 0.103. The van der Waals surface area contributed by atoms with Crippen molar-refractivity contribution in [3.05, 3.63) is 70.1 Å². The van der Waals surface area contributed by atoms with Crippen molar-refractivity contribution >= 4 is 39.9 Å². The highest BCUT2D eigenvalue weighted by Crippen LogP contribution is 2.26. The van der Waals surface area contributed by atoms with Crippen molar-refractivity contribution in [2.24, 2.45) is 5.92 Å². The molecule has 1 unspecified atom stereocenters. The smallest absolute Gasteiger partial charge is 0.257 e. The van der Waals surface area contributed by atoms with Crippen molar-refractivity contribution in [2.45, 2.75) is 19.3 Å². The number of nitrogens with zero attached hydrogens (tertiary/aromatic N) is 2. The summed E-state index contributed by atoms with van der Waals surface area (Å²) in [5.41, 5.74) is 1.53. The number of halogens is 1. The number of carbonyl (C=O) groups excluding carboxylic acids is 2. The molecule has 1 aliphatic heterocycles. The third-order valence-corrected chi connectivity index (χ3v) is 6.24. The Hall–Kier alpha value is -2.64. The maximum absolute atomic E-state index is 12.7. The molecule has 0 radical (unpaired) electrons. The van der Waals surface area contributed by atoms with E-state index in [1.165, 1.54) is 23.9 Å². The van der Waals surface area contributed by atoms with Crippen LogP contribution in [0, 0.1) is 5.92 Å². The summed E-state index contributed by atoms with van der Waals surface area (Å²) in [5, 5.41) is 4.19. The Morgan fingerprint density at radius 1 is 1.31 bits per heavy atom. The summed E-state index contributed by atoms with van der Waals surface area (Å²) in [6.07, 6.45) is 6.88. The molecule has 1 saturated heterocycles. The van der Waals surface area contributed by atoms with Crippen LogP contribution in [0.15, 0.2) is 53.5 Å². The SMILES string of the molecule is O=C(Nc1ncc(Cc2ccccc2Cl)s1)C1CCCN(C(=O)c2ccoc2)C1. The summed E-state index contributed by atoms with van der Waals surface area (Å²) < 4.78 is 4.99. The lowest BCUT2D eigenvalue weighted by molar-refractivity contribution is -0.121. The monoisotopic (exact) mass is 429 g/mol. The fraction of sp³-hybridized carbons (Fsp3) is 0.286. The molecular weight excluding hydrogens is 410 g/mol. The fourth-order valence-electron chi connectivity index (χ4n) is 3.43. The van der Waals surface area contributed by atoms with Gasteiger partial charge < -0.3 is 14.6 Å². The van der Waals surface area contributed by atoms with Crippen molar-refractivity contribution in [1.29, 1.82) is 0 Å². The van der Waals surface area contributed by atoms with E-state index in [-0.39, 0.29) is 17.7 Å². The Kier molecular flexibility index (Phi) is 5.97. The first-order chi connectivity index (χ1) is 14.1. The topological polar surface area (TPSA) is 75.4 Å². The number of piperidine rings is 1. The van der Waals surface area contributed by atoms with E-state index in [2.05, 4.69) is 10.3 Å². The predicted molar refractivity (Wildman–Crippen MR) is 112 cm³/mol. The van der Waals surface area contributed by atoms with Crippen LogP contribution in [0.5, 0.6) is 0 Å². The zero-order valence-electron chi connectivity index (χ0n) is 15.6. The second kappa shape index (κ2) is 8.80. The first kappa shape index (κ1) is 19.7. The van der Waals surface area contributed by atoms with Crippen LogP contribution in [0.1, 0.15) is 33.6 Å². The van der Waals surface area contributed by atoms with Crippen molar-refractivity contribution < 1.29 is 14.0 Å². The summed E-state index contributed by atoms with van der Waals surface area (Å²) in [7, 11) is 0. The van der Waals surface area contributed by atoms with Crippen LogP contribution in [0.3, 0.4) is 0 Å². The van der Waals surface area contributed by atoms with E-state index in [9.17, 15) is 9.59 Å². The number of likely N-dealkylation sites (tertiary alicyclic amines) is 1. The molecular formula is C21H20ClN3O3S. The van der Waals surface area contributed by atoms with Crippen molar-refractivity contribution in [3.8, 4) is 0 Å². The van der Waals surface area contributed by atoms with Crippen molar-refractivity contribution in [3.63, 3.8) is 0 Å². The minimum Gasteiger partial charge on any atom is -0.472 e. The van der Waals surface area contributed by atoms with Gasteiger partial charge in [-0.15, -0.1) is 11.3 Å². The third kappa shape index (κ3) is 4.68. The molecule has 1 aliphatic rings. The Bertz CT molecular complexity index is 1000. The molecule has 3 heterocycles. The summed E-state index contributed by atoms with van der Waals surface area (Å²) in [6, 6.07) is 9.33. The molecule has 8 heteroatoms. The lowest BCUT2D eigenvalue weighted by atomic mass is 9.97. The van der Waals surface area contributed by atoms with Gasteiger partial charge in [0.2, 0.25) is 5.91 Å². The molecule has 0 spiro atoms. The van der Waals surface area contributed by atoms with Gasteiger partial charge in [0.25, 0.3) is 5.91 Å². The van der Waals surface area contributed by atoms with Crippen LogP contribution in [0.25, 0.3) is 0 Å². The molecule has 1 N–H and O–H groups in total. The van der Waals surface area contributed by atoms with Crippen LogP contribution in [-0.2, 0) is 11.2 Å². The first-order valence-electron chi connectivity index (χ1n) is 9.40. The molecule has 0 bridgehead atoms. The highest BCUT2D eigenvalue weighted by atomic mass is 35.5. The van der Waals surface area contributed by atoms with Crippen LogP contribution in [-0.4, -0.2) is 34.8 Å². The van der Waals surface area contributed by atoms with Crippen molar-refractivity contribution in [2.75, 3.05) is 18.4 Å². The van der Waals surface area contributed by atoms with E-state index in [1.54, 1.807) is 17.2 Å². The van der Waals surface area contributed by atoms with Gasteiger partial charge in [-0.2, -0.15) is 0 Å².